The molecule has 24 heavy (non-hydrogen) atoms. The third-order valence-electron chi connectivity index (χ3n) is 3.80. The number of nitrogens with one attached hydrogen (secondary N) is 3. The molecular formula is C17H26IN5O. The average molecular weight is 443 g/mol. The van der Waals surface area contributed by atoms with E-state index < -0.39 is 0 Å². The summed E-state index contributed by atoms with van der Waals surface area (Å²) < 4.78 is 5.07. The fourth-order valence-corrected chi connectivity index (χ4v) is 2.41. The smallest absolute Gasteiger partial charge is 0.191 e. The average Bonchev–Trinajstić information content (AvgIpc) is 3.27. The number of aliphatic imine (C=N–C) groups is 1. The summed E-state index contributed by atoms with van der Waals surface area (Å²) in [6, 6.07) is 8.72. The number of H-pyrrole nitrogens is 1. The maximum Gasteiger partial charge on any atom is 0.191 e. The molecular weight excluding hydrogens is 417 g/mol. The minimum atomic E-state index is 0. The van der Waals surface area contributed by atoms with Gasteiger partial charge in [-0.3, -0.25) is 4.99 Å². The van der Waals surface area contributed by atoms with E-state index in [4.69, 9.17) is 4.74 Å². The molecule has 3 rings (SSSR count). The number of imidazole rings is 1. The van der Waals surface area contributed by atoms with E-state index in [-0.39, 0.29) is 24.0 Å². The van der Waals surface area contributed by atoms with Gasteiger partial charge < -0.3 is 20.4 Å². The van der Waals surface area contributed by atoms with Crippen LogP contribution in [-0.2, 0) is 11.2 Å². The van der Waals surface area contributed by atoms with Gasteiger partial charge in [-0.25, -0.2) is 4.98 Å². The van der Waals surface area contributed by atoms with E-state index in [2.05, 4.69) is 31.7 Å². The molecule has 0 amide bonds. The molecule has 1 saturated carbocycles. The number of benzene rings is 1. The molecule has 1 aliphatic rings. The normalized spacial score (nSPS) is 14.5. The molecule has 0 saturated heterocycles. The molecule has 0 unspecified atom stereocenters. The van der Waals surface area contributed by atoms with Gasteiger partial charge in [0.25, 0.3) is 0 Å². The third kappa shape index (κ3) is 5.94. The van der Waals surface area contributed by atoms with E-state index in [9.17, 15) is 0 Å². The quantitative estimate of drug-likeness (QED) is 0.254. The summed E-state index contributed by atoms with van der Waals surface area (Å²) in [5.41, 5.74) is 2.13. The highest BCUT2D eigenvalue weighted by Gasteiger charge is 2.22. The van der Waals surface area contributed by atoms with Crippen LogP contribution in [0.25, 0.3) is 11.0 Å². The highest BCUT2D eigenvalue weighted by Crippen LogP contribution is 2.18. The van der Waals surface area contributed by atoms with Crippen molar-refractivity contribution in [2.75, 3.05) is 26.8 Å². The Morgan fingerprint density at radius 2 is 2.21 bits per heavy atom. The fraction of sp³-hybridized carbons (Fsp3) is 0.529. The third-order valence-corrected chi connectivity index (χ3v) is 3.80. The highest BCUT2D eigenvalue weighted by atomic mass is 127. The van der Waals surface area contributed by atoms with E-state index in [1.54, 1.807) is 7.11 Å². The zero-order valence-electron chi connectivity index (χ0n) is 14.0. The van der Waals surface area contributed by atoms with Crippen LogP contribution in [0.4, 0.5) is 0 Å². The van der Waals surface area contributed by atoms with E-state index in [1.165, 1.54) is 12.8 Å². The summed E-state index contributed by atoms with van der Waals surface area (Å²) in [7, 11) is 1.71. The summed E-state index contributed by atoms with van der Waals surface area (Å²) in [5, 5.41) is 6.73. The van der Waals surface area contributed by atoms with Gasteiger partial charge >= 0.3 is 0 Å². The molecule has 2 aromatic rings. The zero-order valence-corrected chi connectivity index (χ0v) is 16.4. The Balaban J connectivity index is 0.00000208. The van der Waals surface area contributed by atoms with E-state index in [0.29, 0.717) is 12.6 Å². The molecule has 6 nitrogen and oxygen atoms in total. The molecule has 0 spiro atoms. The van der Waals surface area contributed by atoms with Crippen molar-refractivity contribution in [3.05, 3.63) is 30.1 Å². The predicted molar refractivity (Wildman–Crippen MR) is 108 cm³/mol. The molecule has 1 fully saturated rings. The summed E-state index contributed by atoms with van der Waals surface area (Å²) in [6.45, 7) is 2.25. The van der Waals surface area contributed by atoms with Crippen LogP contribution in [0.2, 0.25) is 0 Å². The standard InChI is InChI=1S/C17H25N5O.HI/c1-23-12-11-19-17(20-13-8-9-13)18-10-4-7-16-21-14-5-2-3-6-15(14)22-16;/h2-3,5-6,13H,4,7-12H2,1H3,(H,21,22)(H2,18,19,20);1H. The number of methoxy groups -OCH3 is 1. The first-order chi connectivity index (χ1) is 11.3. The summed E-state index contributed by atoms with van der Waals surface area (Å²) in [4.78, 5) is 12.6. The summed E-state index contributed by atoms with van der Waals surface area (Å²) >= 11 is 0. The van der Waals surface area contributed by atoms with Crippen molar-refractivity contribution >= 4 is 41.0 Å². The van der Waals surface area contributed by atoms with Gasteiger partial charge in [0.15, 0.2) is 5.96 Å². The van der Waals surface area contributed by atoms with Crippen molar-refractivity contribution in [3.63, 3.8) is 0 Å². The SMILES string of the molecule is COCCNC(=NCCCc1nc2ccccc2[nH]1)NC1CC1.I. The Hall–Kier alpha value is -1.35. The van der Waals surface area contributed by atoms with Gasteiger partial charge in [-0.1, -0.05) is 12.1 Å². The lowest BCUT2D eigenvalue weighted by molar-refractivity contribution is 0.203. The molecule has 7 heteroatoms. The van der Waals surface area contributed by atoms with Crippen LogP contribution in [0, 0.1) is 0 Å². The maximum absolute atomic E-state index is 5.07. The molecule has 132 valence electrons. The number of rotatable bonds is 8. The molecule has 0 aliphatic heterocycles. The number of hydrogen-bond donors (Lipinski definition) is 3. The van der Waals surface area contributed by atoms with Crippen LogP contribution < -0.4 is 10.6 Å². The number of aryl methyl sites for hydroxylation is 1. The lowest BCUT2D eigenvalue weighted by Crippen LogP contribution is -2.40. The van der Waals surface area contributed by atoms with Gasteiger partial charge in [0.05, 0.1) is 17.6 Å². The number of para-hydroxylation sites is 2. The first-order valence-corrected chi connectivity index (χ1v) is 8.32. The summed E-state index contributed by atoms with van der Waals surface area (Å²) in [6.07, 6.45) is 4.36. The first kappa shape index (κ1) is 19.0. The number of nitrogens with zero attached hydrogens (tertiary/aromatic N) is 2. The Morgan fingerprint density at radius 3 is 2.96 bits per heavy atom. The summed E-state index contributed by atoms with van der Waals surface area (Å²) in [5.74, 6) is 1.93. The minimum Gasteiger partial charge on any atom is -0.383 e. The van der Waals surface area contributed by atoms with E-state index in [1.807, 2.05) is 18.2 Å². The van der Waals surface area contributed by atoms with Gasteiger partial charge in [-0.15, -0.1) is 24.0 Å². The van der Waals surface area contributed by atoms with Crippen LogP contribution in [0.3, 0.4) is 0 Å². The predicted octanol–water partition coefficient (Wildman–Crippen LogP) is 2.46. The van der Waals surface area contributed by atoms with Crippen molar-refractivity contribution < 1.29 is 4.74 Å². The Labute approximate surface area is 159 Å². The first-order valence-electron chi connectivity index (χ1n) is 8.32. The van der Waals surface area contributed by atoms with E-state index in [0.717, 1.165) is 48.7 Å². The van der Waals surface area contributed by atoms with Crippen molar-refractivity contribution in [2.45, 2.75) is 31.7 Å². The van der Waals surface area contributed by atoms with Crippen molar-refractivity contribution in [3.8, 4) is 0 Å². The number of ether oxygens (including phenoxy) is 1. The second kappa shape index (κ2) is 9.83. The second-order valence-electron chi connectivity index (χ2n) is 5.87. The molecule has 1 aliphatic carbocycles. The molecule has 0 radical (unpaired) electrons. The number of halogens is 1. The van der Waals surface area contributed by atoms with Gasteiger partial charge in [-0.2, -0.15) is 0 Å². The van der Waals surface area contributed by atoms with Crippen LogP contribution in [0.15, 0.2) is 29.3 Å². The largest absolute Gasteiger partial charge is 0.383 e. The lowest BCUT2D eigenvalue weighted by Gasteiger charge is -2.11. The Kier molecular flexibility index (Phi) is 7.77. The topological polar surface area (TPSA) is 74.3 Å². The van der Waals surface area contributed by atoms with Crippen molar-refractivity contribution in [2.24, 2.45) is 4.99 Å². The molecule has 3 N–H and O–H groups in total. The number of aromatic amines is 1. The number of fused-ring (bicyclic) bond motifs is 1. The van der Waals surface area contributed by atoms with Gasteiger partial charge in [-0.05, 0) is 31.4 Å². The fourth-order valence-electron chi connectivity index (χ4n) is 2.41. The highest BCUT2D eigenvalue weighted by molar-refractivity contribution is 14.0. The monoisotopic (exact) mass is 443 g/mol. The molecule has 1 heterocycles. The van der Waals surface area contributed by atoms with Gasteiger partial charge in [0, 0.05) is 32.7 Å². The number of aromatic nitrogens is 2. The molecule has 1 aromatic carbocycles. The van der Waals surface area contributed by atoms with E-state index >= 15 is 0 Å². The number of hydrogen-bond acceptors (Lipinski definition) is 3. The molecule has 0 atom stereocenters. The van der Waals surface area contributed by atoms with Crippen LogP contribution >= 0.6 is 24.0 Å². The van der Waals surface area contributed by atoms with Crippen LogP contribution in [0.5, 0.6) is 0 Å². The second-order valence-corrected chi connectivity index (χ2v) is 5.87. The molecule has 0 bridgehead atoms. The number of guanidine groups is 1. The van der Waals surface area contributed by atoms with Gasteiger partial charge in [0.1, 0.15) is 5.82 Å². The van der Waals surface area contributed by atoms with Crippen molar-refractivity contribution in [1.82, 2.24) is 20.6 Å². The van der Waals surface area contributed by atoms with Crippen LogP contribution in [-0.4, -0.2) is 48.8 Å². The Morgan fingerprint density at radius 1 is 1.38 bits per heavy atom. The lowest BCUT2D eigenvalue weighted by atomic mass is 10.3. The van der Waals surface area contributed by atoms with Gasteiger partial charge in [0.2, 0.25) is 0 Å². The Bertz CT molecular complexity index is 620. The molecule has 1 aromatic heterocycles. The van der Waals surface area contributed by atoms with Crippen LogP contribution in [0.1, 0.15) is 25.1 Å². The minimum absolute atomic E-state index is 0. The maximum atomic E-state index is 5.07. The zero-order chi connectivity index (χ0) is 15.9. The van der Waals surface area contributed by atoms with Crippen molar-refractivity contribution in [1.29, 1.82) is 0 Å².